The summed E-state index contributed by atoms with van der Waals surface area (Å²) in [4.78, 5) is 26.7. The van der Waals surface area contributed by atoms with E-state index in [1.807, 2.05) is 24.3 Å². The average Bonchev–Trinajstić information content (AvgIpc) is 3.17. The highest BCUT2D eigenvalue weighted by Crippen LogP contribution is 2.25. The second kappa shape index (κ2) is 8.82. The van der Waals surface area contributed by atoms with Gasteiger partial charge >= 0.3 is 5.69 Å². The highest BCUT2D eigenvalue weighted by molar-refractivity contribution is 8.00. The van der Waals surface area contributed by atoms with Gasteiger partial charge in [-0.3, -0.25) is 20.0 Å². The number of anilines is 1. The van der Waals surface area contributed by atoms with Crippen LogP contribution in [0, 0.1) is 15.9 Å². The standard InChI is InChI=1S/C19H18FN5O3S/c1-3-12-4-6-13(7-5-12)17-22-19(24-23-17)29-11(2)18(26)21-14-8-9-15(20)16(10-14)25(27)28/h4-11H,3H2,1-2H3,(H,21,26)(H,22,23,24)/t11-/m0/s1. The normalized spacial score (nSPS) is 11.8. The van der Waals surface area contributed by atoms with Crippen molar-refractivity contribution in [2.75, 3.05) is 5.32 Å². The summed E-state index contributed by atoms with van der Waals surface area (Å²) in [5.41, 5.74) is 1.55. The lowest BCUT2D eigenvalue weighted by atomic mass is 10.1. The Kier molecular flexibility index (Phi) is 6.23. The number of nitrogens with zero attached hydrogens (tertiary/aromatic N) is 3. The van der Waals surface area contributed by atoms with Crippen molar-refractivity contribution in [1.29, 1.82) is 0 Å². The number of H-pyrrole nitrogens is 1. The van der Waals surface area contributed by atoms with Gasteiger partial charge in [-0.2, -0.15) is 4.39 Å². The van der Waals surface area contributed by atoms with Gasteiger partial charge in [0.1, 0.15) is 0 Å². The number of hydrogen-bond donors (Lipinski definition) is 2. The zero-order valence-electron chi connectivity index (χ0n) is 15.7. The summed E-state index contributed by atoms with van der Waals surface area (Å²) in [7, 11) is 0. The van der Waals surface area contributed by atoms with E-state index in [0.29, 0.717) is 11.0 Å². The van der Waals surface area contributed by atoms with E-state index in [1.54, 1.807) is 6.92 Å². The fraction of sp³-hybridized carbons (Fsp3) is 0.211. The number of nitrogens with one attached hydrogen (secondary N) is 2. The highest BCUT2D eigenvalue weighted by atomic mass is 32.2. The van der Waals surface area contributed by atoms with Gasteiger partial charge in [-0.15, -0.1) is 5.10 Å². The first-order valence-electron chi connectivity index (χ1n) is 8.80. The minimum absolute atomic E-state index is 0.141. The summed E-state index contributed by atoms with van der Waals surface area (Å²) in [6, 6.07) is 11.1. The van der Waals surface area contributed by atoms with Crippen molar-refractivity contribution >= 4 is 29.0 Å². The quantitative estimate of drug-likeness (QED) is 0.340. The topological polar surface area (TPSA) is 114 Å². The summed E-state index contributed by atoms with van der Waals surface area (Å²) < 4.78 is 13.4. The number of carbonyl (C=O) groups excluding carboxylic acids is 1. The third-order valence-electron chi connectivity index (χ3n) is 4.16. The zero-order valence-corrected chi connectivity index (χ0v) is 16.5. The van der Waals surface area contributed by atoms with Crippen LogP contribution < -0.4 is 5.32 Å². The molecule has 0 spiro atoms. The Labute approximate surface area is 170 Å². The van der Waals surface area contributed by atoms with Gasteiger partial charge in [0.05, 0.1) is 10.2 Å². The van der Waals surface area contributed by atoms with Crippen molar-refractivity contribution in [1.82, 2.24) is 15.2 Å². The van der Waals surface area contributed by atoms with E-state index < -0.39 is 27.6 Å². The van der Waals surface area contributed by atoms with Gasteiger partial charge in [-0.1, -0.05) is 43.0 Å². The number of amides is 1. The highest BCUT2D eigenvalue weighted by Gasteiger charge is 2.20. The predicted octanol–water partition coefficient (Wildman–Crippen LogP) is 4.20. The number of aromatic amines is 1. The number of benzene rings is 2. The second-order valence-electron chi connectivity index (χ2n) is 6.19. The third-order valence-corrected chi connectivity index (χ3v) is 5.12. The molecule has 0 saturated carbocycles. The first-order valence-corrected chi connectivity index (χ1v) is 9.68. The SMILES string of the molecule is CCc1ccc(-c2nc(S[C@@H](C)C(=O)Nc3ccc(F)c([N+](=O)[O-])c3)n[nH]2)cc1. The molecular formula is C19H18FN5O3S. The van der Waals surface area contributed by atoms with E-state index in [2.05, 4.69) is 27.4 Å². The van der Waals surface area contributed by atoms with Crippen LogP contribution in [0.3, 0.4) is 0 Å². The van der Waals surface area contributed by atoms with Crippen LogP contribution in [0.5, 0.6) is 0 Å². The number of aryl methyl sites for hydroxylation is 1. The van der Waals surface area contributed by atoms with Crippen LogP contribution >= 0.6 is 11.8 Å². The summed E-state index contributed by atoms with van der Waals surface area (Å²) in [5.74, 6) is -0.776. The number of halogens is 1. The molecule has 1 atom stereocenters. The van der Waals surface area contributed by atoms with E-state index >= 15 is 0 Å². The minimum Gasteiger partial charge on any atom is -0.325 e. The molecule has 8 nitrogen and oxygen atoms in total. The molecule has 1 amide bonds. The molecule has 0 unspecified atom stereocenters. The Hall–Kier alpha value is -3.27. The van der Waals surface area contributed by atoms with Crippen LogP contribution in [0.4, 0.5) is 15.8 Å². The Morgan fingerprint density at radius 1 is 1.31 bits per heavy atom. The first-order chi connectivity index (χ1) is 13.9. The smallest absolute Gasteiger partial charge is 0.306 e. The number of nitro groups is 1. The molecule has 2 N–H and O–H groups in total. The number of hydrogen-bond acceptors (Lipinski definition) is 6. The number of thioether (sulfide) groups is 1. The van der Waals surface area contributed by atoms with Crippen LogP contribution in [0.25, 0.3) is 11.4 Å². The van der Waals surface area contributed by atoms with Crippen molar-refractivity contribution in [2.24, 2.45) is 0 Å². The molecule has 10 heteroatoms. The maximum absolute atomic E-state index is 13.4. The fourth-order valence-electron chi connectivity index (χ4n) is 2.51. The molecule has 0 bridgehead atoms. The Morgan fingerprint density at radius 3 is 2.69 bits per heavy atom. The van der Waals surface area contributed by atoms with E-state index in [9.17, 15) is 19.3 Å². The molecule has 2 aromatic carbocycles. The summed E-state index contributed by atoms with van der Waals surface area (Å²) in [5, 5.41) is 20.1. The molecule has 150 valence electrons. The van der Waals surface area contributed by atoms with Gasteiger partial charge in [-0.05, 0) is 31.0 Å². The minimum atomic E-state index is -0.962. The van der Waals surface area contributed by atoms with Crippen LogP contribution in [0.15, 0.2) is 47.6 Å². The Morgan fingerprint density at radius 2 is 2.03 bits per heavy atom. The second-order valence-corrected chi connectivity index (χ2v) is 7.50. The van der Waals surface area contributed by atoms with Gasteiger partial charge in [0.25, 0.3) is 0 Å². The number of aromatic nitrogens is 3. The fourth-order valence-corrected chi connectivity index (χ4v) is 3.24. The lowest BCUT2D eigenvalue weighted by Crippen LogP contribution is -2.22. The summed E-state index contributed by atoms with van der Waals surface area (Å²) in [6.45, 7) is 3.73. The number of carbonyl (C=O) groups is 1. The van der Waals surface area contributed by atoms with Crippen molar-refractivity contribution in [3.63, 3.8) is 0 Å². The van der Waals surface area contributed by atoms with Gasteiger partial charge in [0.2, 0.25) is 16.9 Å². The lowest BCUT2D eigenvalue weighted by molar-refractivity contribution is -0.387. The molecule has 0 radical (unpaired) electrons. The van der Waals surface area contributed by atoms with Gasteiger partial charge in [0, 0.05) is 17.3 Å². The molecule has 1 aromatic heterocycles. The van der Waals surface area contributed by atoms with Crippen molar-refractivity contribution in [2.45, 2.75) is 30.7 Å². The number of rotatable bonds is 7. The maximum Gasteiger partial charge on any atom is 0.306 e. The average molecular weight is 415 g/mol. The predicted molar refractivity (Wildman–Crippen MR) is 108 cm³/mol. The molecule has 0 fully saturated rings. The summed E-state index contributed by atoms with van der Waals surface area (Å²) in [6.07, 6.45) is 0.946. The molecule has 0 aliphatic carbocycles. The van der Waals surface area contributed by atoms with E-state index in [1.165, 1.54) is 11.6 Å². The maximum atomic E-state index is 13.4. The van der Waals surface area contributed by atoms with E-state index in [-0.39, 0.29) is 5.69 Å². The van der Waals surface area contributed by atoms with Crippen molar-refractivity contribution in [3.05, 3.63) is 64.0 Å². The van der Waals surface area contributed by atoms with Crippen molar-refractivity contribution in [3.8, 4) is 11.4 Å². The molecule has 0 saturated heterocycles. The van der Waals surface area contributed by atoms with Gasteiger partial charge in [-0.25, -0.2) is 4.98 Å². The Balaban J connectivity index is 1.65. The molecule has 0 aliphatic rings. The van der Waals surface area contributed by atoms with Crippen molar-refractivity contribution < 1.29 is 14.1 Å². The van der Waals surface area contributed by atoms with Crippen LogP contribution in [0.2, 0.25) is 0 Å². The molecular weight excluding hydrogens is 397 g/mol. The van der Waals surface area contributed by atoms with Crippen LogP contribution in [-0.2, 0) is 11.2 Å². The van der Waals surface area contributed by atoms with E-state index in [4.69, 9.17) is 0 Å². The monoisotopic (exact) mass is 415 g/mol. The molecule has 1 heterocycles. The van der Waals surface area contributed by atoms with Crippen LogP contribution in [-0.4, -0.2) is 31.3 Å². The molecule has 0 aliphatic heterocycles. The molecule has 3 rings (SSSR count). The Bertz CT molecular complexity index is 1040. The zero-order chi connectivity index (χ0) is 21.0. The van der Waals surface area contributed by atoms with Gasteiger partial charge in [0.15, 0.2) is 5.82 Å². The molecule has 3 aromatic rings. The number of nitro benzene ring substituents is 1. The van der Waals surface area contributed by atoms with Crippen LogP contribution in [0.1, 0.15) is 19.4 Å². The summed E-state index contributed by atoms with van der Waals surface area (Å²) >= 11 is 1.13. The largest absolute Gasteiger partial charge is 0.325 e. The first kappa shape index (κ1) is 20.5. The molecule has 29 heavy (non-hydrogen) atoms. The lowest BCUT2D eigenvalue weighted by Gasteiger charge is -2.10. The van der Waals surface area contributed by atoms with E-state index in [0.717, 1.165) is 35.9 Å². The third kappa shape index (κ3) is 4.96. The van der Waals surface area contributed by atoms with Gasteiger partial charge < -0.3 is 5.32 Å².